The molecule has 4 unspecified atom stereocenters. The number of allylic oxidation sites excluding steroid dienone is 2. The molecule has 3 heterocycles. The van der Waals surface area contributed by atoms with Crippen LogP contribution in [0.15, 0.2) is 16.9 Å². The van der Waals surface area contributed by atoms with Crippen LogP contribution in [0.4, 0.5) is 0 Å². The second kappa shape index (κ2) is 6.51. The maximum absolute atomic E-state index is 13.6. The van der Waals surface area contributed by atoms with Crippen LogP contribution in [0.2, 0.25) is 0 Å². The van der Waals surface area contributed by atoms with E-state index in [9.17, 15) is 18.0 Å². The van der Waals surface area contributed by atoms with E-state index in [4.69, 9.17) is 4.98 Å². The van der Waals surface area contributed by atoms with Gasteiger partial charge in [0.15, 0.2) is 0 Å². The summed E-state index contributed by atoms with van der Waals surface area (Å²) in [5.41, 5.74) is 1.25. The molecule has 1 spiro atoms. The number of aromatic amines is 1. The summed E-state index contributed by atoms with van der Waals surface area (Å²) >= 11 is 0. The van der Waals surface area contributed by atoms with Crippen molar-refractivity contribution in [1.82, 2.24) is 19.2 Å². The molecule has 1 N–H and O–H groups in total. The zero-order valence-electron chi connectivity index (χ0n) is 17.7. The maximum atomic E-state index is 13.6. The van der Waals surface area contributed by atoms with Crippen LogP contribution in [0.1, 0.15) is 55.2 Å². The topological polar surface area (TPSA) is 103 Å². The Labute approximate surface area is 181 Å². The molecule has 2 bridgehead atoms. The Bertz CT molecular complexity index is 1150. The minimum atomic E-state index is -3.35. The molecular weight excluding hydrogens is 416 g/mol. The highest BCUT2D eigenvalue weighted by atomic mass is 32.2. The number of rotatable bonds is 3. The highest BCUT2D eigenvalue weighted by Crippen LogP contribution is 2.70. The Balaban J connectivity index is 1.29. The van der Waals surface area contributed by atoms with Crippen molar-refractivity contribution in [3.63, 3.8) is 0 Å². The minimum absolute atomic E-state index is 0.0446. The number of likely N-dealkylation sites (tertiary alicyclic amines) is 1. The SMILES string of the molecule is CS(=O)(=O)N1CCc2c(nc(C3CCCN3C(=O)C3CC4C=CC3C43CC3)[nH]c2=O)C1. The highest BCUT2D eigenvalue weighted by Gasteiger charge is 2.64. The monoisotopic (exact) mass is 444 g/mol. The molecule has 0 radical (unpaired) electrons. The van der Waals surface area contributed by atoms with Crippen molar-refractivity contribution in [2.75, 3.05) is 19.3 Å². The number of fused-ring (bicyclic) bond motifs is 1. The third kappa shape index (κ3) is 2.88. The fourth-order valence-corrected chi connectivity index (χ4v) is 7.44. The molecule has 1 aromatic heterocycles. The van der Waals surface area contributed by atoms with Crippen molar-refractivity contribution >= 4 is 15.9 Å². The van der Waals surface area contributed by atoms with Gasteiger partial charge in [-0.2, -0.15) is 4.31 Å². The molecule has 2 aliphatic heterocycles. The Morgan fingerprint density at radius 3 is 2.77 bits per heavy atom. The van der Waals surface area contributed by atoms with Crippen LogP contribution in [0, 0.1) is 23.2 Å². The number of hydrogen-bond donors (Lipinski definition) is 1. The van der Waals surface area contributed by atoms with Crippen LogP contribution >= 0.6 is 0 Å². The van der Waals surface area contributed by atoms with Gasteiger partial charge in [0.25, 0.3) is 5.56 Å². The molecule has 0 aromatic carbocycles. The van der Waals surface area contributed by atoms with Gasteiger partial charge in [-0.3, -0.25) is 9.59 Å². The third-order valence-electron chi connectivity index (χ3n) is 8.42. The van der Waals surface area contributed by atoms with Crippen molar-refractivity contribution in [2.24, 2.45) is 23.2 Å². The fraction of sp³-hybridized carbons (Fsp3) is 0.682. The molecule has 8 nitrogen and oxygen atoms in total. The first-order valence-electron chi connectivity index (χ1n) is 11.3. The van der Waals surface area contributed by atoms with Crippen LogP contribution in [0.3, 0.4) is 0 Å². The average molecular weight is 445 g/mol. The Morgan fingerprint density at radius 2 is 2.06 bits per heavy atom. The van der Waals surface area contributed by atoms with E-state index in [-0.39, 0.29) is 30.0 Å². The van der Waals surface area contributed by atoms with Gasteiger partial charge < -0.3 is 9.88 Å². The fourth-order valence-electron chi connectivity index (χ4n) is 6.66. The summed E-state index contributed by atoms with van der Waals surface area (Å²) < 4.78 is 25.3. The third-order valence-corrected chi connectivity index (χ3v) is 9.67. The van der Waals surface area contributed by atoms with Crippen LogP contribution < -0.4 is 5.56 Å². The first-order chi connectivity index (χ1) is 14.8. The van der Waals surface area contributed by atoms with Gasteiger partial charge in [-0.05, 0) is 55.8 Å². The predicted octanol–water partition coefficient (Wildman–Crippen LogP) is 1.35. The quantitative estimate of drug-likeness (QED) is 0.709. The van der Waals surface area contributed by atoms with Crippen molar-refractivity contribution in [3.8, 4) is 0 Å². The van der Waals surface area contributed by atoms with E-state index >= 15 is 0 Å². The number of nitrogens with one attached hydrogen (secondary N) is 1. The van der Waals surface area contributed by atoms with E-state index in [0.717, 1.165) is 19.3 Å². The first kappa shape index (κ1) is 19.7. The zero-order valence-corrected chi connectivity index (χ0v) is 18.5. The molecule has 2 saturated carbocycles. The summed E-state index contributed by atoms with van der Waals surface area (Å²) in [6.07, 6.45) is 11.2. The van der Waals surface area contributed by atoms with E-state index < -0.39 is 10.0 Å². The van der Waals surface area contributed by atoms with Gasteiger partial charge in [-0.1, -0.05) is 12.2 Å². The second-order valence-electron chi connectivity index (χ2n) is 10.0. The number of amides is 1. The number of aromatic nitrogens is 2. The number of sulfonamides is 1. The normalized spacial score (nSPS) is 33.3. The zero-order chi connectivity index (χ0) is 21.5. The van der Waals surface area contributed by atoms with E-state index in [1.165, 1.54) is 23.4 Å². The molecule has 31 heavy (non-hydrogen) atoms. The molecule has 9 heteroatoms. The van der Waals surface area contributed by atoms with Crippen molar-refractivity contribution in [2.45, 2.75) is 51.1 Å². The second-order valence-corrected chi connectivity index (χ2v) is 12.0. The van der Waals surface area contributed by atoms with Crippen LogP contribution in [0.25, 0.3) is 0 Å². The van der Waals surface area contributed by atoms with Gasteiger partial charge in [-0.15, -0.1) is 0 Å². The van der Waals surface area contributed by atoms with E-state index in [1.54, 1.807) is 0 Å². The molecule has 6 rings (SSSR count). The summed E-state index contributed by atoms with van der Waals surface area (Å²) in [6, 6.07) is -0.239. The summed E-state index contributed by atoms with van der Waals surface area (Å²) in [7, 11) is -3.35. The molecule has 5 aliphatic rings. The highest BCUT2D eigenvalue weighted by molar-refractivity contribution is 7.88. The van der Waals surface area contributed by atoms with Gasteiger partial charge >= 0.3 is 0 Å². The maximum Gasteiger partial charge on any atom is 0.254 e. The van der Waals surface area contributed by atoms with Crippen molar-refractivity contribution < 1.29 is 13.2 Å². The minimum Gasteiger partial charge on any atom is -0.332 e. The lowest BCUT2D eigenvalue weighted by Gasteiger charge is -2.31. The summed E-state index contributed by atoms with van der Waals surface area (Å²) in [5.74, 6) is 1.66. The van der Waals surface area contributed by atoms with Crippen molar-refractivity contribution in [1.29, 1.82) is 0 Å². The molecule has 1 saturated heterocycles. The summed E-state index contributed by atoms with van der Waals surface area (Å²) in [4.78, 5) is 35.9. The van der Waals surface area contributed by atoms with Crippen LogP contribution in [-0.4, -0.2) is 52.8 Å². The van der Waals surface area contributed by atoms with Gasteiger partial charge in [0.1, 0.15) is 5.82 Å². The molecule has 3 fully saturated rings. The number of carbonyl (C=O) groups is 1. The van der Waals surface area contributed by atoms with Crippen LogP contribution in [-0.2, 0) is 27.8 Å². The van der Waals surface area contributed by atoms with E-state index in [2.05, 4.69) is 17.1 Å². The van der Waals surface area contributed by atoms with E-state index in [0.29, 0.717) is 53.8 Å². The van der Waals surface area contributed by atoms with E-state index in [1.807, 2.05) is 4.90 Å². The Hall–Kier alpha value is -2.00. The van der Waals surface area contributed by atoms with Gasteiger partial charge in [0.05, 0.1) is 24.5 Å². The Kier molecular flexibility index (Phi) is 4.13. The predicted molar refractivity (Wildman–Crippen MR) is 113 cm³/mol. The molecule has 1 aromatic rings. The number of hydrogen-bond acceptors (Lipinski definition) is 5. The van der Waals surface area contributed by atoms with Crippen molar-refractivity contribution in [3.05, 3.63) is 39.6 Å². The lowest BCUT2D eigenvalue weighted by Crippen LogP contribution is -2.41. The molecule has 3 aliphatic carbocycles. The molecule has 4 atom stereocenters. The molecule has 1 amide bonds. The Morgan fingerprint density at radius 1 is 1.26 bits per heavy atom. The van der Waals surface area contributed by atoms with Gasteiger partial charge in [0, 0.05) is 24.6 Å². The number of carbonyl (C=O) groups excluding carboxylic acids is 1. The number of nitrogens with zero attached hydrogens (tertiary/aromatic N) is 3. The smallest absolute Gasteiger partial charge is 0.254 e. The van der Waals surface area contributed by atoms with Gasteiger partial charge in [-0.25, -0.2) is 13.4 Å². The van der Waals surface area contributed by atoms with Crippen LogP contribution in [0.5, 0.6) is 0 Å². The lowest BCUT2D eigenvalue weighted by atomic mass is 9.88. The standard InChI is InChI=1S/C22H28N4O4S/c1-31(29,30)25-10-6-14-17(12-25)23-19(24-20(14)27)18-3-2-9-26(18)21(28)15-11-13-4-5-16(15)22(13)7-8-22/h4-5,13,15-16,18H,2-3,6-12H2,1H3,(H,23,24,27). The lowest BCUT2D eigenvalue weighted by molar-refractivity contribution is -0.137. The average Bonchev–Trinajstić information content (AvgIpc) is 3.12. The first-order valence-corrected chi connectivity index (χ1v) is 13.2. The van der Waals surface area contributed by atoms with Gasteiger partial charge in [0.2, 0.25) is 15.9 Å². The number of H-pyrrole nitrogens is 1. The largest absolute Gasteiger partial charge is 0.332 e. The summed E-state index contributed by atoms with van der Waals surface area (Å²) in [6.45, 7) is 1.10. The molecular formula is C22H28N4O4S. The summed E-state index contributed by atoms with van der Waals surface area (Å²) in [5, 5.41) is 0. The molecule has 166 valence electrons.